The molecule has 8 heteroatoms. The molecule has 0 bridgehead atoms. The van der Waals surface area contributed by atoms with E-state index in [9.17, 15) is 22.4 Å². The lowest BCUT2D eigenvalue weighted by atomic mass is 9.84. The second kappa shape index (κ2) is 7.85. The number of anilines is 1. The molecule has 2 aromatic carbocycles. The van der Waals surface area contributed by atoms with Crippen molar-refractivity contribution >= 4 is 16.5 Å². The Bertz CT molecular complexity index is 1060. The molecule has 0 spiro atoms. The van der Waals surface area contributed by atoms with Crippen molar-refractivity contribution < 1.29 is 17.6 Å². The number of halogens is 4. The first-order chi connectivity index (χ1) is 13.5. The molecular weight excluding hydrogens is 386 g/mol. The van der Waals surface area contributed by atoms with Gasteiger partial charge < -0.3 is 5.32 Å². The summed E-state index contributed by atoms with van der Waals surface area (Å²) in [6.07, 6.45) is 1.69. The van der Waals surface area contributed by atoms with Gasteiger partial charge in [-0.15, -0.1) is 0 Å². The van der Waals surface area contributed by atoms with Crippen molar-refractivity contribution in [2.45, 2.75) is 39.7 Å². The Kier molecular flexibility index (Phi) is 5.64. The molecule has 4 rings (SSSR count). The summed E-state index contributed by atoms with van der Waals surface area (Å²) in [5.74, 6) is -3.09. The zero-order valence-electron chi connectivity index (χ0n) is 16.2. The third kappa shape index (κ3) is 5.13. The summed E-state index contributed by atoms with van der Waals surface area (Å²) < 4.78 is 49.5. The zero-order valence-corrected chi connectivity index (χ0v) is 16.2. The van der Waals surface area contributed by atoms with E-state index in [1.807, 2.05) is 0 Å². The third-order valence-electron chi connectivity index (χ3n) is 4.41. The van der Waals surface area contributed by atoms with E-state index in [1.54, 1.807) is 0 Å². The Morgan fingerprint density at radius 2 is 1.52 bits per heavy atom. The van der Waals surface area contributed by atoms with Gasteiger partial charge in [-0.2, -0.15) is 5.10 Å². The van der Waals surface area contributed by atoms with Crippen LogP contribution in [0.15, 0.2) is 35.1 Å². The van der Waals surface area contributed by atoms with Crippen LogP contribution in [0.2, 0.25) is 0 Å². The fourth-order valence-electron chi connectivity index (χ4n) is 3.48. The minimum atomic E-state index is -0.896. The smallest absolute Gasteiger partial charge is 0.272 e. The van der Waals surface area contributed by atoms with Crippen molar-refractivity contribution in [3.05, 3.63) is 69.6 Å². The van der Waals surface area contributed by atoms with Gasteiger partial charge in [0, 0.05) is 41.7 Å². The molecule has 1 unspecified atom stereocenters. The Balaban J connectivity index is 0.000000224. The molecule has 0 aliphatic carbocycles. The van der Waals surface area contributed by atoms with E-state index in [4.69, 9.17) is 0 Å². The van der Waals surface area contributed by atoms with Crippen LogP contribution in [-0.4, -0.2) is 16.2 Å². The summed E-state index contributed by atoms with van der Waals surface area (Å²) in [6, 6.07) is 4.76. The molecule has 1 aromatic heterocycles. The molecule has 154 valence electrons. The SMILES string of the molecule is CC(C)(C)CC1Cc2n[nH]c(=O)c3cc(F)cc(c23)N1.Fc1cc(F)cc(F)c1. The quantitative estimate of drug-likeness (QED) is 0.562. The number of H-pyrrole nitrogens is 1. The summed E-state index contributed by atoms with van der Waals surface area (Å²) in [7, 11) is 0. The molecule has 0 saturated carbocycles. The fourth-order valence-corrected chi connectivity index (χ4v) is 3.48. The van der Waals surface area contributed by atoms with Crippen LogP contribution in [0.25, 0.3) is 10.8 Å². The van der Waals surface area contributed by atoms with Crippen molar-refractivity contribution in [1.82, 2.24) is 10.2 Å². The first-order valence-corrected chi connectivity index (χ1v) is 9.11. The summed E-state index contributed by atoms with van der Waals surface area (Å²) in [4.78, 5) is 11.8. The Hall–Kier alpha value is -2.90. The predicted octanol–water partition coefficient (Wildman–Crippen LogP) is 4.94. The van der Waals surface area contributed by atoms with Crippen molar-refractivity contribution in [2.75, 3.05) is 5.32 Å². The van der Waals surface area contributed by atoms with Crippen LogP contribution in [0.4, 0.5) is 23.2 Å². The average molecular weight is 407 g/mol. The largest absolute Gasteiger partial charge is 0.381 e. The van der Waals surface area contributed by atoms with Crippen molar-refractivity contribution in [2.24, 2.45) is 5.41 Å². The van der Waals surface area contributed by atoms with Gasteiger partial charge >= 0.3 is 0 Å². The van der Waals surface area contributed by atoms with Gasteiger partial charge in [0.05, 0.1) is 11.1 Å². The standard InChI is InChI=1S/C15H18FN3O.C6H3F3/c1-15(2,3)7-9-6-12-13-10(14(20)19-18-12)4-8(16)5-11(13)17-9;7-4-1-5(8)3-6(9)2-4/h4-5,9,17H,6-7H2,1-3H3,(H,19,20);1-3H. The number of benzene rings is 2. The lowest BCUT2D eigenvalue weighted by Gasteiger charge is -2.31. The Labute approximate surface area is 165 Å². The van der Waals surface area contributed by atoms with Crippen LogP contribution in [0, 0.1) is 28.7 Å². The monoisotopic (exact) mass is 407 g/mol. The highest BCUT2D eigenvalue weighted by Crippen LogP contribution is 2.34. The summed E-state index contributed by atoms with van der Waals surface area (Å²) in [5, 5.41) is 11.1. The van der Waals surface area contributed by atoms with E-state index in [-0.39, 0.29) is 17.0 Å². The van der Waals surface area contributed by atoms with Crippen molar-refractivity contribution in [3.8, 4) is 0 Å². The number of nitrogens with one attached hydrogen (secondary N) is 2. The molecule has 2 N–H and O–H groups in total. The van der Waals surface area contributed by atoms with Crippen molar-refractivity contribution in [1.29, 1.82) is 0 Å². The number of nitrogens with zero attached hydrogens (tertiary/aromatic N) is 1. The van der Waals surface area contributed by atoms with E-state index in [2.05, 4.69) is 36.3 Å². The maximum atomic E-state index is 13.7. The zero-order chi connectivity index (χ0) is 21.3. The molecule has 3 aromatic rings. The highest BCUT2D eigenvalue weighted by atomic mass is 19.1. The van der Waals surface area contributed by atoms with E-state index in [0.29, 0.717) is 29.3 Å². The summed E-state index contributed by atoms with van der Waals surface area (Å²) >= 11 is 0. The van der Waals surface area contributed by atoms with Crippen LogP contribution in [0.3, 0.4) is 0 Å². The molecular formula is C21H21F4N3O. The predicted molar refractivity (Wildman–Crippen MR) is 104 cm³/mol. The number of rotatable bonds is 1. The molecule has 2 heterocycles. The van der Waals surface area contributed by atoms with Gasteiger partial charge in [-0.3, -0.25) is 4.79 Å². The molecule has 1 aliphatic heterocycles. The third-order valence-corrected chi connectivity index (χ3v) is 4.41. The van der Waals surface area contributed by atoms with E-state index in [1.165, 1.54) is 12.1 Å². The van der Waals surface area contributed by atoms with Gasteiger partial charge in [-0.25, -0.2) is 22.7 Å². The van der Waals surface area contributed by atoms with E-state index >= 15 is 0 Å². The maximum absolute atomic E-state index is 13.7. The minimum Gasteiger partial charge on any atom is -0.381 e. The summed E-state index contributed by atoms with van der Waals surface area (Å²) in [5.41, 5.74) is 1.33. The van der Waals surface area contributed by atoms with E-state index in [0.717, 1.165) is 23.9 Å². The van der Waals surface area contributed by atoms with Crippen LogP contribution in [0.1, 0.15) is 32.9 Å². The van der Waals surface area contributed by atoms with Crippen LogP contribution in [0.5, 0.6) is 0 Å². The van der Waals surface area contributed by atoms with Gasteiger partial charge in [0.1, 0.15) is 23.3 Å². The molecule has 29 heavy (non-hydrogen) atoms. The average Bonchev–Trinajstić information content (AvgIpc) is 2.55. The molecule has 4 nitrogen and oxygen atoms in total. The molecule has 0 fully saturated rings. The van der Waals surface area contributed by atoms with Gasteiger partial charge in [0.25, 0.3) is 5.56 Å². The highest BCUT2D eigenvalue weighted by molar-refractivity contribution is 5.96. The first-order valence-electron chi connectivity index (χ1n) is 9.11. The van der Waals surface area contributed by atoms with Crippen LogP contribution in [-0.2, 0) is 6.42 Å². The lowest BCUT2D eigenvalue weighted by Crippen LogP contribution is -2.32. The van der Waals surface area contributed by atoms with E-state index < -0.39 is 23.3 Å². The molecule has 1 aliphatic rings. The number of hydrogen-bond donors (Lipinski definition) is 2. The second-order valence-corrected chi connectivity index (χ2v) is 8.27. The van der Waals surface area contributed by atoms with Gasteiger partial charge in [-0.05, 0) is 24.0 Å². The summed E-state index contributed by atoms with van der Waals surface area (Å²) in [6.45, 7) is 6.52. The second-order valence-electron chi connectivity index (χ2n) is 8.27. The molecule has 0 radical (unpaired) electrons. The van der Waals surface area contributed by atoms with Gasteiger partial charge in [-0.1, -0.05) is 20.8 Å². The van der Waals surface area contributed by atoms with Gasteiger partial charge in [0.15, 0.2) is 0 Å². The van der Waals surface area contributed by atoms with Crippen molar-refractivity contribution in [3.63, 3.8) is 0 Å². The Morgan fingerprint density at radius 3 is 2.07 bits per heavy atom. The molecule has 1 atom stereocenters. The number of hydrogen-bond acceptors (Lipinski definition) is 3. The molecule has 0 amide bonds. The minimum absolute atomic E-state index is 0.170. The topological polar surface area (TPSA) is 57.8 Å². The molecule has 0 saturated heterocycles. The fraction of sp³-hybridized carbons (Fsp3) is 0.333. The lowest BCUT2D eigenvalue weighted by molar-refractivity contribution is 0.346. The number of aromatic amines is 1. The Morgan fingerprint density at radius 1 is 0.966 bits per heavy atom. The maximum Gasteiger partial charge on any atom is 0.272 e. The van der Waals surface area contributed by atoms with Crippen LogP contribution >= 0.6 is 0 Å². The first kappa shape index (κ1) is 20.8. The number of aromatic nitrogens is 2. The van der Waals surface area contributed by atoms with Gasteiger partial charge in [0.2, 0.25) is 0 Å². The normalized spacial score (nSPS) is 15.5. The van der Waals surface area contributed by atoms with Crippen LogP contribution < -0.4 is 10.9 Å². The highest BCUT2D eigenvalue weighted by Gasteiger charge is 2.26.